The van der Waals surface area contributed by atoms with Gasteiger partial charge in [0.15, 0.2) is 0 Å². The van der Waals surface area contributed by atoms with E-state index in [1.807, 2.05) is 0 Å². The molecule has 0 bridgehead atoms. The quantitative estimate of drug-likeness (QED) is 0.751. The van der Waals surface area contributed by atoms with E-state index in [2.05, 4.69) is 22.9 Å². The normalized spacial score (nSPS) is 21.2. The average molecular weight is 307 g/mol. The van der Waals surface area contributed by atoms with Gasteiger partial charge in [-0.05, 0) is 44.0 Å². The molecule has 1 aromatic carbocycles. The van der Waals surface area contributed by atoms with Gasteiger partial charge in [-0.15, -0.1) is 0 Å². The van der Waals surface area contributed by atoms with Crippen LogP contribution in [0.1, 0.15) is 25.3 Å². The molecular formula is C16H22FN3O2. The molecule has 22 heavy (non-hydrogen) atoms. The molecular weight excluding hydrogens is 285 g/mol. The highest BCUT2D eigenvalue weighted by molar-refractivity contribution is 5.85. The van der Waals surface area contributed by atoms with Crippen molar-refractivity contribution in [3.8, 4) is 0 Å². The summed E-state index contributed by atoms with van der Waals surface area (Å²) >= 11 is 0. The molecule has 6 heteroatoms. The van der Waals surface area contributed by atoms with Crippen molar-refractivity contribution in [3.63, 3.8) is 0 Å². The van der Waals surface area contributed by atoms with Gasteiger partial charge in [0.25, 0.3) is 0 Å². The molecule has 2 amide bonds. The fraction of sp³-hybridized carbons (Fsp3) is 0.500. The number of rotatable bonds is 5. The molecule has 5 nitrogen and oxygen atoms in total. The Morgan fingerprint density at radius 1 is 1.36 bits per heavy atom. The van der Waals surface area contributed by atoms with Gasteiger partial charge in [0.2, 0.25) is 11.8 Å². The molecule has 1 saturated heterocycles. The monoisotopic (exact) mass is 307 g/mol. The number of nitrogens with one attached hydrogen (secondary N) is 3. The van der Waals surface area contributed by atoms with Crippen molar-refractivity contribution in [1.29, 1.82) is 0 Å². The summed E-state index contributed by atoms with van der Waals surface area (Å²) in [7, 11) is 0. The van der Waals surface area contributed by atoms with Crippen LogP contribution in [0.25, 0.3) is 0 Å². The van der Waals surface area contributed by atoms with Crippen molar-refractivity contribution < 1.29 is 14.0 Å². The second kappa shape index (κ2) is 7.89. The van der Waals surface area contributed by atoms with Crippen molar-refractivity contribution in [1.82, 2.24) is 16.0 Å². The molecule has 2 atom stereocenters. The van der Waals surface area contributed by atoms with Crippen LogP contribution in [0.4, 0.5) is 4.39 Å². The van der Waals surface area contributed by atoms with Crippen LogP contribution in [0.2, 0.25) is 0 Å². The maximum Gasteiger partial charge on any atom is 0.239 e. The summed E-state index contributed by atoms with van der Waals surface area (Å²) in [6.45, 7) is 2.92. The van der Waals surface area contributed by atoms with E-state index >= 15 is 0 Å². The highest BCUT2D eigenvalue weighted by Gasteiger charge is 2.19. The van der Waals surface area contributed by atoms with Crippen molar-refractivity contribution in [3.05, 3.63) is 35.6 Å². The van der Waals surface area contributed by atoms with Gasteiger partial charge < -0.3 is 16.0 Å². The molecule has 2 rings (SSSR count). The van der Waals surface area contributed by atoms with Crippen LogP contribution in [0.5, 0.6) is 0 Å². The summed E-state index contributed by atoms with van der Waals surface area (Å²) < 4.78 is 13.0. The Balaban J connectivity index is 1.70. The van der Waals surface area contributed by atoms with E-state index < -0.39 is 0 Å². The first-order valence-corrected chi connectivity index (χ1v) is 7.57. The van der Waals surface area contributed by atoms with Crippen LogP contribution < -0.4 is 16.0 Å². The van der Waals surface area contributed by atoms with Gasteiger partial charge in [-0.1, -0.05) is 12.1 Å². The highest BCUT2D eigenvalue weighted by atomic mass is 19.1. The number of amides is 2. The van der Waals surface area contributed by atoms with Gasteiger partial charge >= 0.3 is 0 Å². The minimum Gasteiger partial charge on any atom is -0.352 e. The van der Waals surface area contributed by atoms with Gasteiger partial charge in [0.05, 0.1) is 13.0 Å². The molecule has 0 spiro atoms. The zero-order valence-corrected chi connectivity index (χ0v) is 12.7. The number of hydrogen-bond acceptors (Lipinski definition) is 3. The van der Waals surface area contributed by atoms with Crippen LogP contribution in [0.3, 0.4) is 0 Å². The number of piperidine rings is 1. The molecule has 1 aromatic rings. The fourth-order valence-electron chi connectivity index (χ4n) is 2.62. The number of carbonyl (C=O) groups excluding carboxylic acids is 2. The molecule has 1 fully saturated rings. The largest absolute Gasteiger partial charge is 0.352 e. The SMILES string of the molecule is CC1CC(NC(=O)CNC(=O)Cc2cccc(F)c2)CCN1. The lowest BCUT2D eigenvalue weighted by Gasteiger charge is -2.28. The van der Waals surface area contributed by atoms with Crippen molar-refractivity contribution in [2.75, 3.05) is 13.1 Å². The maximum atomic E-state index is 13.0. The lowest BCUT2D eigenvalue weighted by Crippen LogP contribution is -2.49. The summed E-state index contributed by atoms with van der Waals surface area (Å²) in [6, 6.07) is 6.43. The summed E-state index contributed by atoms with van der Waals surface area (Å²) in [5, 5.41) is 8.80. The summed E-state index contributed by atoms with van der Waals surface area (Å²) in [5.41, 5.74) is 0.588. The van der Waals surface area contributed by atoms with Crippen LogP contribution in [-0.2, 0) is 16.0 Å². The fourth-order valence-corrected chi connectivity index (χ4v) is 2.62. The maximum absolute atomic E-state index is 13.0. The molecule has 3 N–H and O–H groups in total. The summed E-state index contributed by atoms with van der Waals surface area (Å²) in [5.74, 6) is -0.853. The topological polar surface area (TPSA) is 70.2 Å². The number of halogens is 1. The Kier molecular flexibility index (Phi) is 5.89. The van der Waals surface area contributed by atoms with Crippen molar-refractivity contribution in [2.24, 2.45) is 0 Å². The lowest BCUT2D eigenvalue weighted by atomic mass is 10.0. The Morgan fingerprint density at radius 3 is 2.91 bits per heavy atom. The Morgan fingerprint density at radius 2 is 2.18 bits per heavy atom. The van der Waals surface area contributed by atoms with E-state index in [1.165, 1.54) is 12.1 Å². The van der Waals surface area contributed by atoms with Crippen LogP contribution in [0.15, 0.2) is 24.3 Å². The predicted octanol–water partition coefficient (Wildman–Crippen LogP) is 0.741. The molecule has 1 aliphatic rings. The van der Waals surface area contributed by atoms with E-state index in [9.17, 15) is 14.0 Å². The molecule has 0 radical (unpaired) electrons. The van der Waals surface area contributed by atoms with Gasteiger partial charge in [-0.2, -0.15) is 0 Å². The third-order valence-corrected chi connectivity index (χ3v) is 3.69. The van der Waals surface area contributed by atoms with E-state index in [0.29, 0.717) is 11.6 Å². The zero-order chi connectivity index (χ0) is 15.9. The summed E-state index contributed by atoms with van der Waals surface area (Å²) in [4.78, 5) is 23.6. The van der Waals surface area contributed by atoms with Gasteiger partial charge in [-0.25, -0.2) is 4.39 Å². The molecule has 120 valence electrons. The second-order valence-corrected chi connectivity index (χ2v) is 5.73. The predicted molar refractivity (Wildman–Crippen MR) is 81.7 cm³/mol. The Hall–Kier alpha value is -1.95. The zero-order valence-electron chi connectivity index (χ0n) is 12.7. The molecule has 0 aliphatic carbocycles. The Labute approximate surface area is 129 Å². The smallest absolute Gasteiger partial charge is 0.239 e. The third kappa shape index (κ3) is 5.44. The average Bonchev–Trinajstić information content (AvgIpc) is 2.45. The number of carbonyl (C=O) groups is 2. The van der Waals surface area contributed by atoms with Crippen LogP contribution in [0, 0.1) is 5.82 Å². The highest BCUT2D eigenvalue weighted by Crippen LogP contribution is 2.07. The second-order valence-electron chi connectivity index (χ2n) is 5.73. The third-order valence-electron chi connectivity index (χ3n) is 3.69. The standard InChI is InChI=1S/C16H22FN3O2/c1-11-7-14(5-6-18-11)20-16(22)10-19-15(21)9-12-3-2-4-13(17)8-12/h2-4,8,11,14,18H,5-7,9-10H2,1H3,(H,19,21)(H,20,22). The van der Waals surface area contributed by atoms with Gasteiger partial charge in [-0.3, -0.25) is 9.59 Å². The van der Waals surface area contributed by atoms with Crippen LogP contribution in [-0.4, -0.2) is 37.0 Å². The van der Waals surface area contributed by atoms with Gasteiger partial charge in [0, 0.05) is 12.1 Å². The van der Waals surface area contributed by atoms with E-state index in [1.54, 1.807) is 12.1 Å². The first-order chi connectivity index (χ1) is 10.5. The first-order valence-electron chi connectivity index (χ1n) is 7.57. The molecule has 0 saturated carbocycles. The minimum atomic E-state index is -0.372. The van der Waals surface area contributed by atoms with E-state index in [-0.39, 0.29) is 36.6 Å². The van der Waals surface area contributed by atoms with Crippen molar-refractivity contribution in [2.45, 2.75) is 38.3 Å². The number of benzene rings is 1. The van der Waals surface area contributed by atoms with Gasteiger partial charge in [0.1, 0.15) is 5.82 Å². The minimum absolute atomic E-state index is 0.0491. The number of hydrogen-bond donors (Lipinski definition) is 3. The molecule has 0 aromatic heterocycles. The van der Waals surface area contributed by atoms with E-state index in [0.717, 1.165) is 19.4 Å². The van der Waals surface area contributed by atoms with Crippen LogP contribution >= 0.6 is 0 Å². The van der Waals surface area contributed by atoms with E-state index in [4.69, 9.17) is 0 Å². The Bertz CT molecular complexity index is 536. The lowest BCUT2D eigenvalue weighted by molar-refractivity contribution is -0.126. The molecule has 1 aliphatic heterocycles. The summed E-state index contributed by atoms with van der Waals surface area (Å²) in [6.07, 6.45) is 1.85. The first kappa shape index (κ1) is 16.4. The van der Waals surface area contributed by atoms with Crippen molar-refractivity contribution >= 4 is 11.8 Å². The molecule has 1 heterocycles. The molecule has 2 unspecified atom stereocenters.